The number of carbonyl (C=O) groups is 2. The van der Waals surface area contributed by atoms with E-state index in [1.54, 1.807) is 11.5 Å². The molecule has 2 aliphatic heterocycles. The fourth-order valence-corrected chi connectivity index (χ4v) is 6.59. The van der Waals surface area contributed by atoms with Gasteiger partial charge in [-0.15, -0.1) is 11.3 Å². The van der Waals surface area contributed by atoms with Gasteiger partial charge in [0.05, 0.1) is 16.8 Å². The van der Waals surface area contributed by atoms with E-state index >= 15 is 0 Å². The predicted octanol–water partition coefficient (Wildman–Crippen LogP) is 3.57. The Balaban J connectivity index is 1.56. The highest BCUT2D eigenvalue weighted by atomic mass is 32.1. The molecule has 36 heavy (non-hydrogen) atoms. The zero-order chi connectivity index (χ0) is 25.0. The number of anilines is 2. The number of aryl methyl sites for hydroxylation is 1. The molecule has 2 aromatic carbocycles. The molecular formula is C27H20N4O3S2. The second-order valence-electron chi connectivity index (χ2n) is 8.56. The fourth-order valence-electron chi connectivity index (χ4n) is 4.62. The molecule has 1 atom stereocenters. The molecule has 2 N–H and O–H groups in total. The van der Waals surface area contributed by atoms with E-state index in [0.717, 1.165) is 10.4 Å². The van der Waals surface area contributed by atoms with E-state index in [4.69, 9.17) is 0 Å². The number of hydrogen-bond acceptors (Lipinski definition) is 6. The molecule has 0 spiro atoms. The van der Waals surface area contributed by atoms with Crippen LogP contribution in [0.1, 0.15) is 29.0 Å². The smallest absolute Gasteiger partial charge is 0.272 e. The van der Waals surface area contributed by atoms with Crippen LogP contribution in [0.5, 0.6) is 0 Å². The van der Waals surface area contributed by atoms with Gasteiger partial charge in [0, 0.05) is 21.8 Å². The third-order valence-electron chi connectivity index (χ3n) is 6.35. The van der Waals surface area contributed by atoms with Crippen molar-refractivity contribution in [1.82, 2.24) is 4.57 Å². The first kappa shape index (κ1) is 22.4. The lowest BCUT2D eigenvalue weighted by molar-refractivity contribution is -0.113. The van der Waals surface area contributed by atoms with Crippen molar-refractivity contribution in [3.05, 3.63) is 113 Å². The van der Waals surface area contributed by atoms with Crippen LogP contribution in [-0.2, 0) is 9.59 Å². The number of nitrogens with one attached hydrogen (secondary N) is 2. The van der Waals surface area contributed by atoms with Crippen molar-refractivity contribution in [3.8, 4) is 0 Å². The first-order valence-electron chi connectivity index (χ1n) is 11.3. The SMILES string of the molecule is CC1=C(C(=O)Nc2ccccc2C)C(c2cccs2)n2c(s/c(=C3\C(=O)Nc4ccccc43)c2=O)=N1. The summed E-state index contributed by atoms with van der Waals surface area (Å²) in [5, 5.41) is 7.76. The highest BCUT2D eigenvalue weighted by Crippen LogP contribution is 2.34. The van der Waals surface area contributed by atoms with Crippen molar-refractivity contribution in [2.45, 2.75) is 19.9 Å². The summed E-state index contributed by atoms with van der Waals surface area (Å²) in [5.74, 6) is -0.631. The maximum atomic E-state index is 13.9. The summed E-state index contributed by atoms with van der Waals surface area (Å²) in [6.07, 6.45) is 0. The number of amides is 2. The van der Waals surface area contributed by atoms with Crippen LogP contribution in [0.4, 0.5) is 11.4 Å². The number of hydrogen-bond donors (Lipinski definition) is 2. The summed E-state index contributed by atoms with van der Waals surface area (Å²) in [5.41, 5.74) is 3.93. The number of benzene rings is 2. The Morgan fingerprint density at radius 3 is 2.58 bits per heavy atom. The van der Waals surface area contributed by atoms with E-state index in [9.17, 15) is 14.4 Å². The van der Waals surface area contributed by atoms with Crippen molar-refractivity contribution < 1.29 is 9.59 Å². The van der Waals surface area contributed by atoms with Gasteiger partial charge in [-0.05, 0) is 43.0 Å². The van der Waals surface area contributed by atoms with Gasteiger partial charge in [-0.2, -0.15) is 0 Å². The van der Waals surface area contributed by atoms with Crippen molar-refractivity contribution in [2.75, 3.05) is 10.6 Å². The highest BCUT2D eigenvalue weighted by Gasteiger charge is 2.35. The third-order valence-corrected chi connectivity index (χ3v) is 8.32. The molecule has 0 fully saturated rings. The summed E-state index contributed by atoms with van der Waals surface area (Å²) in [4.78, 5) is 46.4. The zero-order valence-corrected chi connectivity index (χ0v) is 21.0. The lowest BCUT2D eigenvalue weighted by atomic mass is 10.0. The Morgan fingerprint density at radius 1 is 1.03 bits per heavy atom. The monoisotopic (exact) mass is 512 g/mol. The Labute approximate surface area is 213 Å². The van der Waals surface area contributed by atoms with Crippen LogP contribution < -0.4 is 25.5 Å². The summed E-state index contributed by atoms with van der Waals surface area (Å²) in [6, 6.07) is 18.0. The summed E-state index contributed by atoms with van der Waals surface area (Å²) in [7, 11) is 0. The number of carbonyl (C=O) groups excluding carboxylic acids is 2. The normalized spacial score (nSPS) is 17.8. The van der Waals surface area contributed by atoms with Crippen LogP contribution in [-0.4, -0.2) is 16.4 Å². The first-order chi connectivity index (χ1) is 17.4. The standard InChI is InChI=1S/C27H20N4O3S2/c1-14-8-3-5-10-17(14)29-24(32)20-15(2)28-27-31(22(20)19-12-7-13-35-19)26(34)23(36-27)21-16-9-4-6-11-18(16)30-25(21)33/h3-13,22H,1-2H3,(H,29,32)(H,30,33)/b23-21-. The maximum Gasteiger partial charge on any atom is 0.272 e. The van der Waals surface area contributed by atoms with Crippen molar-refractivity contribution in [1.29, 1.82) is 0 Å². The molecule has 9 heteroatoms. The quantitative estimate of drug-likeness (QED) is 0.440. The van der Waals surface area contributed by atoms with Crippen molar-refractivity contribution in [2.24, 2.45) is 4.99 Å². The number of fused-ring (bicyclic) bond motifs is 2. The zero-order valence-electron chi connectivity index (χ0n) is 19.4. The molecule has 7 nitrogen and oxygen atoms in total. The number of thiophene rings is 1. The molecule has 1 unspecified atom stereocenters. The number of nitrogens with zero attached hydrogens (tertiary/aromatic N) is 2. The van der Waals surface area contributed by atoms with Crippen LogP contribution in [0.3, 0.4) is 0 Å². The Bertz CT molecular complexity index is 1780. The van der Waals surface area contributed by atoms with E-state index in [1.165, 1.54) is 22.7 Å². The molecule has 2 aliphatic rings. The molecule has 0 bridgehead atoms. The topological polar surface area (TPSA) is 92.6 Å². The molecule has 0 radical (unpaired) electrons. The van der Waals surface area contributed by atoms with Gasteiger partial charge < -0.3 is 10.6 Å². The average molecular weight is 513 g/mol. The van der Waals surface area contributed by atoms with Gasteiger partial charge in [-0.1, -0.05) is 53.8 Å². The molecular weight excluding hydrogens is 492 g/mol. The Morgan fingerprint density at radius 2 is 1.81 bits per heavy atom. The number of aromatic nitrogens is 1. The van der Waals surface area contributed by atoms with Gasteiger partial charge in [0.2, 0.25) is 0 Å². The van der Waals surface area contributed by atoms with Gasteiger partial charge in [0.1, 0.15) is 10.6 Å². The van der Waals surface area contributed by atoms with Crippen LogP contribution in [0, 0.1) is 6.92 Å². The molecule has 2 aromatic heterocycles. The molecule has 6 rings (SSSR count). The van der Waals surface area contributed by atoms with Crippen LogP contribution in [0.2, 0.25) is 0 Å². The van der Waals surface area contributed by atoms with Crippen LogP contribution >= 0.6 is 22.7 Å². The largest absolute Gasteiger partial charge is 0.322 e. The van der Waals surface area contributed by atoms with E-state index in [1.807, 2.05) is 73.0 Å². The van der Waals surface area contributed by atoms with Crippen molar-refractivity contribution >= 4 is 51.4 Å². The molecule has 2 amide bonds. The first-order valence-corrected chi connectivity index (χ1v) is 13.0. The third kappa shape index (κ3) is 3.47. The van der Waals surface area contributed by atoms with Crippen LogP contribution in [0.25, 0.3) is 5.57 Å². The molecule has 0 saturated heterocycles. The van der Waals surface area contributed by atoms with Gasteiger partial charge >= 0.3 is 0 Å². The molecule has 4 heterocycles. The molecule has 0 saturated carbocycles. The fraction of sp³-hybridized carbons (Fsp3) is 0.111. The number of rotatable bonds is 3. The minimum absolute atomic E-state index is 0.311. The van der Waals surface area contributed by atoms with Crippen molar-refractivity contribution in [3.63, 3.8) is 0 Å². The summed E-state index contributed by atoms with van der Waals surface area (Å²) in [6.45, 7) is 3.71. The minimum atomic E-state index is -0.653. The highest BCUT2D eigenvalue weighted by molar-refractivity contribution is 7.10. The Kier molecular flexibility index (Phi) is 5.31. The van der Waals surface area contributed by atoms with E-state index in [0.29, 0.717) is 43.1 Å². The summed E-state index contributed by atoms with van der Waals surface area (Å²) < 4.78 is 1.86. The lowest BCUT2D eigenvalue weighted by Gasteiger charge is -2.24. The van der Waals surface area contributed by atoms with E-state index in [-0.39, 0.29) is 17.4 Å². The van der Waals surface area contributed by atoms with Gasteiger partial charge in [-0.25, -0.2) is 4.99 Å². The van der Waals surface area contributed by atoms with Gasteiger partial charge in [-0.3, -0.25) is 19.0 Å². The summed E-state index contributed by atoms with van der Waals surface area (Å²) >= 11 is 2.64. The van der Waals surface area contributed by atoms with Crippen LogP contribution in [0.15, 0.2) is 87.1 Å². The number of thiazole rings is 1. The lowest BCUT2D eigenvalue weighted by Crippen LogP contribution is -2.41. The maximum absolute atomic E-state index is 13.9. The van der Waals surface area contributed by atoms with Gasteiger partial charge in [0.25, 0.3) is 17.4 Å². The second kappa shape index (κ2) is 8.54. The molecule has 178 valence electrons. The molecule has 0 aliphatic carbocycles. The molecule has 4 aromatic rings. The van der Waals surface area contributed by atoms with Gasteiger partial charge in [0.15, 0.2) is 4.80 Å². The number of allylic oxidation sites excluding steroid dienone is 1. The Hall–Kier alpha value is -4.08. The number of para-hydroxylation sites is 2. The minimum Gasteiger partial charge on any atom is -0.322 e. The van der Waals surface area contributed by atoms with E-state index in [2.05, 4.69) is 15.6 Å². The second-order valence-corrected chi connectivity index (χ2v) is 10.5. The predicted molar refractivity (Wildman–Crippen MR) is 142 cm³/mol. The van der Waals surface area contributed by atoms with E-state index < -0.39 is 6.04 Å². The average Bonchev–Trinajstić information content (AvgIpc) is 3.57.